The largest absolute Gasteiger partial charge is 0.493 e. The van der Waals surface area contributed by atoms with Gasteiger partial charge >= 0.3 is 0 Å². The Labute approximate surface area is 112 Å². The molecule has 1 aromatic rings. The molecule has 2 unspecified atom stereocenters. The summed E-state index contributed by atoms with van der Waals surface area (Å²) in [6.07, 6.45) is 0.569. The third-order valence-electron chi connectivity index (χ3n) is 3.86. The van der Waals surface area contributed by atoms with E-state index in [1.807, 2.05) is 23.9 Å². The number of fused-ring (bicyclic) bond motifs is 1. The van der Waals surface area contributed by atoms with Crippen molar-refractivity contribution in [3.63, 3.8) is 0 Å². The van der Waals surface area contributed by atoms with Gasteiger partial charge in [-0.05, 0) is 30.3 Å². The molecule has 0 saturated carbocycles. The van der Waals surface area contributed by atoms with Crippen LogP contribution in [0.25, 0.3) is 0 Å². The Bertz CT molecular complexity index is 438. The van der Waals surface area contributed by atoms with Crippen molar-refractivity contribution in [3.05, 3.63) is 29.3 Å². The van der Waals surface area contributed by atoms with Crippen LogP contribution in [-0.2, 0) is 6.42 Å². The minimum absolute atomic E-state index is 0.226. The standard InChI is InChI=1S/C14H19NO2S/c1-15-5-7-18-9-12(15)14(16)11-2-3-13-10(8-11)4-6-17-13/h2-3,8,12,14,16H,4-7,9H2,1H3. The Morgan fingerprint density at radius 1 is 1.50 bits per heavy atom. The summed E-state index contributed by atoms with van der Waals surface area (Å²) in [4.78, 5) is 2.27. The quantitative estimate of drug-likeness (QED) is 0.882. The van der Waals surface area contributed by atoms with Crippen LogP contribution in [0.3, 0.4) is 0 Å². The summed E-state index contributed by atoms with van der Waals surface area (Å²) < 4.78 is 5.50. The topological polar surface area (TPSA) is 32.7 Å². The van der Waals surface area contributed by atoms with Crippen LogP contribution in [0.2, 0.25) is 0 Å². The number of ether oxygens (including phenoxy) is 1. The number of hydrogen-bond donors (Lipinski definition) is 1. The van der Waals surface area contributed by atoms with Gasteiger partial charge in [-0.1, -0.05) is 6.07 Å². The summed E-state index contributed by atoms with van der Waals surface area (Å²) in [5.74, 6) is 3.15. The van der Waals surface area contributed by atoms with E-state index in [4.69, 9.17) is 4.74 Å². The summed E-state index contributed by atoms with van der Waals surface area (Å²) >= 11 is 1.93. The average molecular weight is 265 g/mol. The van der Waals surface area contributed by atoms with Gasteiger partial charge in [0.15, 0.2) is 0 Å². The normalized spacial score (nSPS) is 25.6. The second kappa shape index (κ2) is 5.11. The van der Waals surface area contributed by atoms with Crippen LogP contribution < -0.4 is 4.74 Å². The summed E-state index contributed by atoms with van der Waals surface area (Å²) in [6.45, 7) is 1.83. The van der Waals surface area contributed by atoms with E-state index in [9.17, 15) is 5.11 Å². The van der Waals surface area contributed by atoms with Gasteiger partial charge in [0.1, 0.15) is 5.75 Å². The predicted octanol–water partition coefficient (Wildman–Crippen LogP) is 1.70. The molecular formula is C14H19NO2S. The van der Waals surface area contributed by atoms with Crippen LogP contribution in [0.1, 0.15) is 17.2 Å². The van der Waals surface area contributed by atoms with Gasteiger partial charge in [0.25, 0.3) is 0 Å². The fraction of sp³-hybridized carbons (Fsp3) is 0.571. The summed E-state index contributed by atoms with van der Waals surface area (Å²) in [5, 5.41) is 10.6. The number of hydrogen-bond acceptors (Lipinski definition) is 4. The Hall–Kier alpha value is -0.710. The first-order valence-electron chi connectivity index (χ1n) is 6.47. The number of rotatable bonds is 2. The zero-order valence-corrected chi connectivity index (χ0v) is 11.4. The van der Waals surface area contributed by atoms with Gasteiger partial charge < -0.3 is 9.84 Å². The monoisotopic (exact) mass is 265 g/mol. The van der Waals surface area contributed by atoms with Crippen molar-refractivity contribution in [1.29, 1.82) is 0 Å². The van der Waals surface area contributed by atoms with Crippen LogP contribution in [-0.4, -0.2) is 47.8 Å². The molecule has 0 aliphatic carbocycles. The van der Waals surface area contributed by atoms with Crippen molar-refractivity contribution in [2.75, 3.05) is 31.7 Å². The lowest BCUT2D eigenvalue weighted by atomic mass is 9.99. The zero-order chi connectivity index (χ0) is 12.5. The molecule has 2 heterocycles. The fourth-order valence-corrected chi connectivity index (χ4v) is 3.91. The molecule has 1 fully saturated rings. The van der Waals surface area contributed by atoms with E-state index in [1.54, 1.807) is 0 Å². The number of aliphatic hydroxyl groups excluding tert-OH is 1. The molecule has 2 aliphatic rings. The maximum absolute atomic E-state index is 10.6. The van der Waals surface area contributed by atoms with Crippen LogP contribution in [0, 0.1) is 0 Å². The lowest BCUT2D eigenvalue weighted by Crippen LogP contribution is -2.43. The highest BCUT2D eigenvalue weighted by Gasteiger charge is 2.28. The van der Waals surface area contributed by atoms with Crippen molar-refractivity contribution in [2.45, 2.75) is 18.6 Å². The fourth-order valence-electron chi connectivity index (χ4n) is 2.65. The van der Waals surface area contributed by atoms with Gasteiger partial charge in [-0.3, -0.25) is 4.90 Å². The Morgan fingerprint density at radius 3 is 3.22 bits per heavy atom. The minimum atomic E-state index is -0.395. The number of likely N-dealkylation sites (N-methyl/N-ethyl adjacent to an activating group) is 1. The molecule has 2 atom stereocenters. The molecule has 2 aliphatic heterocycles. The minimum Gasteiger partial charge on any atom is -0.493 e. The molecule has 1 aromatic carbocycles. The molecule has 0 aromatic heterocycles. The van der Waals surface area contributed by atoms with E-state index < -0.39 is 6.10 Å². The number of aliphatic hydroxyl groups is 1. The molecule has 3 nitrogen and oxygen atoms in total. The molecule has 0 bridgehead atoms. The molecule has 0 amide bonds. The molecule has 98 valence electrons. The van der Waals surface area contributed by atoms with Crippen molar-refractivity contribution >= 4 is 11.8 Å². The van der Waals surface area contributed by atoms with E-state index in [0.29, 0.717) is 0 Å². The summed E-state index contributed by atoms with van der Waals surface area (Å²) in [7, 11) is 2.10. The number of nitrogens with zero attached hydrogens (tertiary/aromatic N) is 1. The second-order valence-corrected chi connectivity index (χ2v) is 6.18. The first-order chi connectivity index (χ1) is 8.75. The van der Waals surface area contributed by atoms with Gasteiger partial charge in [0.2, 0.25) is 0 Å². The van der Waals surface area contributed by atoms with E-state index >= 15 is 0 Å². The average Bonchev–Trinajstić information content (AvgIpc) is 2.85. The van der Waals surface area contributed by atoms with Gasteiger partial charge in [-0.25, -0.2) is 0 Å². The molecule has 1 N–H and O–H groups in total. The van der Waals surface area contributed by atoms with Gasteiger partial charge in [-0.2, -0.15) is 11.8 Å². The van der Waals surface area contributed by atoms with Crippen LogP contribution in [0.15, 0.2) is 18.2 Å². The smallest absolute Gasteiger partial charge is 0.122 e. The highest BCUT2D eigenvalue weighted by molar-refractivity contribution is 7.99. The van der Waals surface area contributed by atoms with Gasteiger partial charge in [-0.15, -0.1) is 0 Å². The van der Waals surface area contributed by atoms with E-state index in [-0.39, 0.29) is 6.04 Å². The Morgan fingerprint density at radius 2 is 2.39 bits per heavy atom. The molecular weight excluding hydrogens is 246 g/mol. The number of thioether (sulfide) groups is 1. The first-order valence-corrected chi connectivity index (χ1v) is 7.63. The lowest BCUT2D eigenvalue weighted by molar-refractivity contribution is 0.0758. The zero-order valence-electron chi connectivity index (χ0n) is 10.6. The van der Waals surface area contributed by atoms with Crippen molar-refractivity contribution in [3.8, 4) is 5.75 Å². The summed E-state index contributed by atoms with van der Waals surface area (Å²) in [5.41, 5.74) is 2.26. The molecule has 0 spiro atoms. The number of benzene rings is 1. The van der Waals surface area contributed by atoms with E-state index in [0.717, 1.165) is 42.4 Å². The first kappa shape index (κ1) is 12.3. The third-order valence-corrected chi connectivity index (χ3v) is 4.91. The SMILES string of the molecule is CN1CCSCC1C(O)c1ccc2c(c1)CCO2. The Kier molecular flexibility index (Phi) is 3.50. The van der Waals surface area contributed by atoms with Crippen molar-refractivity contribution < 1.29 is 9.84 Å². The highest BCUT2D eigenvalue weighted by atomic mass is 32.2. The van der Waals surface area contributed by atoms with Crippen molar-refractivity contribution in [1.82, 2.24) is 4.90 Å². The van der Waals surface area contributed by atoms with E-state index in [2.05, 4.69) is 18.0 Å². The van der Waals surface area contributed by atoms with Crippen molar-refractivity contribution in [2.24, 2.45) is 0 Å². The van der Waals surface area contributed by atoms with Crippen LogP contribution >= 0.6 is 11.8 Å². The second-order valence-electron chi connectivity index (χ2n) is 5.03. The Balaban J connectivity index is 1.81. The summed E-state index contributed by atoms with van der Waals surface area (Å²) in [6, 6.07) is 6.34. The van der Waals surface area contributed by atoms with Gasteiger partial charge in [0, 0.05) is 30.5 Å². The molecule has 0 radical (unpaired) electrons. The van der Waals surface area contributed by atoms with Crippen LogP contribution in [0.5, 0.6) is 5.75 Å². The van der Waals surface area contributed by atoms with Crippen LogP contribution in [0.4, 0.5) is 0 Å². The molecule has 1 saturated heterocycles. The third kappa shape index (κ3) is 2.25. The molecule has 4 heteroatoms. The lowest BCUT2D eigenvalue weighted by Gasteiger charge is -2.35. The molecule has 18 heavy (non-hydrogen) atoms. The maximum Gasteiger partial charge on any atom is 0.122 e. The predicted molar refractivity (Wildman–Crippen MR) is 74.3 cm³/mol. The van der Waals surface area contributed by atoms with Gasteiger partial charge in [0.05, 0.1) is 12.7 Å². The van der Waals surface area contributed by atoms with E-state index in [1.165, 1.54) is 5.56 Å². The maximum atomic E-state index is 10.6. The molecule has 3 rings (SSSR count). The highest BCUT2D eigenvalue weighted by Crippen LogP contribution is 2.31.